The van der Waals surface area contributed by atoms with E-state index in [4.69, 9.17) is 4.74 Å². The third kappa shape index (κ3) is 2.44. The molecule has 0 aliphatic carbocycles. The third-order valence-electron chi connectivity index (χ3n) is 3.71. The van der Waals surface area contributed by atoms with Crippen molar-refractivity contribution in [2.24, 2.45) is 0 Å². The molecule has 0 spiro atoms. The van der Waals surface area contributed by atoms with E-state index in [0.717, 1.165) is 11.1 Å². The molecule has 116 valence electrons. The van der Waals surface area contributed by atoms with Crippen LogP contribution in [0.3, 0.4) is 0 Å². The number of nitrogens with one attached hydrogen (secondary N) is 3. The van der Waals surface area contributed by atoms with Crippen molar-refractivity contribution < 1.29 is 9.53 Å². The minimum Gasteiger partial charge on any atom is -0.482 e. The van der Waals surface area contributed by atoms with Crippen LogP contribution in [0.25, 0.3) is 11.2 Å². The van der Waals surface area contributed by atoms with Crippen LogP contribution in [0, 0.1) is 0 Å². The molecule has 3 N–H and O–H groups in total. The van der Waals surface area contributed by atoms with Crippen LogP contribution in [0.15, 0.2) is 30.9 Å². The molecule has 4 rings (SSSR count). The zero-order chi connectivity index (χ0) is 15.8. The number of amides is 1. The second-order valence-electron chi connectivity index (χ2n) is 5.28. The van der Waals surface area contributed by atoms with E-state index < -0.39 is 0 Å². The molecule has 3 aromatic rings. The van der Waals surface area contributed by atoms with E-state index in [1.165, 1.54) is 6.33 Å². The Hall–Kier alpha value is -3.16. The number of fused-ring (bicyclic) bond motifs is 2. The van der Waals surface area contributed by atoms with Crippen LogP contribution in [-0.2, 0) is 4.79 Å². The molecule has 1 aromatic carbocycles. The maximum Gasteiger partial charge on any atom is 0.262 e. The minimum absolute atomic E-state index is 0.0273. The number of aromatic amines is 1. The number of carbonyl (C=O) groups excluding carboxylic acids is 1. The number of imidazole rings is 1. The molecule has 23 heavy (non-hydrogen) atoms. The number of nitrogens with zero attached hydrogens (tertiary/aromatic N) is 3. The van der Waals surface area contributed by atoms with Crippen LogP contribution in [0.4, 0.5) is 11.5 Å². The second-order valence-corrected chi connectivity index (χ2v) is 5.28. The molecule has 0 saturated heterocycles. The van der Waals surface area contributed by atoms with Gasteiger partial charge in [0.25, 0.3) is 5.91 Å². The summed E-state index contributed by atoms with van der Waals surface area (Å²) in [6.07, 6.45) is 3.06. The fraction of sp³-hybridized carbons (Fsp3) is 0.200. The maximum atomic E-state index is 11.4. The Morgan fingerprint density at radius 2 is 2.22 bits per heavy atom. The Morgan fingerprint density at radius 3 is 3.13 bits per heavy atom. The van der Waals surface area contributed by atoms with Gasteiger partial charge in [-0.2, -0.15) is 0 Å². The lowest BCUT2D eigenvalue weighted by molar-refractivity contribution is -0.118. The summed E-state index contributed by atoms with van der Waals surface area (Å²) >= 11 is 0. The van der Waals surface area contributed by atoms with Gasteiger partial charge in [-0.25, -0.2) is 15.0 Å². The van der Waals surface area contributed by atoms with Gasteiger partial charge in [-0.3, -0.25) is 4.79 Å². The van der Waals surface area contributed by atoms with Crippen molar-refractivity contribution >= 4 is 28.6 Å². The molecule has 0 radical (unpaired) electrons. The molecule has 3 heterocycles. The van der Waals surface area contributed by atoms with Gasteiger partial charge in [-0.15, -0.1) is 0 Å². The van der Waals surface area contributed by atoms with E-state index in [1.807, 2.05) is 25.1 Å². The summed E-state index contributed by atoms with van der Waals surface area (Å²) in [6.45, 7) is 2.07. The lowest BCUT2D eigenvalue weighted by Gasteiger charge is -2.21. The average Bonchev–Trinajstić information content (AvgIpc) is 3.03. The highest BCUT2D eigenvalue weighted by molar-refractivity contribution is 5.95. The zero-order valence-electron chi connectivity index (χ0n) is 12.3. The van der Waals surface area contributed by atoms with Crippen LogP contribution in [0.2, 0.25) is 0 Å². The van der Waals surface area contributed by atoms with Crippen molar-refractivity contribution in [2.75, 3.05) is 17.2 Å². The van der Waals surface area contributed by atoms with Crippen LogP contribution < -0.4 is 15.4 Å². The first-order chi connectivity index (χ1) is 11.2. The number of H-pyrrole nitrogens is 1. The Labute approximate surface area is 131 Å². The highest BCUT2D eigenvalue weighted by Gasteiger charge is 2.18. The fourth-order valence-electron chi connectivity index (χ4n) is 2.53. The molecule has 8 nitrogen and oxygen atoms in total. The predicted octanol–water partition coefficient (Wildman–Crippen LogP) is 1.86. The van der Waals surface area contributed by atoms with Crippen molar-refractivity contribution in [1.29, 1.82) is 0 Å². The summed E-state index contributed by atoms with van der Waals surface area (Å²) < 4.78 is 5.37. The molecule has 1 amide bonds. The number of carbonyl (C=O) groups is 1. The van der Waals surface area contributed by atoms with E-state index in [9.17, 15) is 4.79 Å². The summed E-state index contributed by atoms with van der Waals surface area (Å²) in [6, 6.07) is 5.68. The van der Waals surface area contributed by atoms with Crippen molar-refractivity contribution in [1.82, 2.24) is 19.9 Å². The second kappa shape index (κ2) is 5.24. The smallest absolute Gasteiger partial charge is 0.262 e. The van der Waals surface area contributed by atoms with Gasteiger partial charge in [0.1, 0.15) is 17.6 Å². The van der Waals surface area contributed by atoms with Gasteiger partial charge >= 0.3 is 0 Å². The van der Waals surface area contributed by atoms with Gasteiger partial charge in [0.2, 0.25) is 0 Å². The molecule has 8 heteroatoms. The SMILES string of the molecule is CC(Nc1ncnc2nc[nH]c12)c1ccc2c(c1)NC(=O)CO2. The van der Waals surface area contributed by atoms with Gasteiger partial charge in [-0.1, -0.05) is 6.07 Å². The van der Waals surface area contributed by atoms with Crippen LogP contribution >= 0.6 is 0 Å². The molecule has 2 aromatic heterocycles. The molecule has 1 aliphatic heterocycles. The van der Waals surface area contributed by atoms with E-state index >= 15 is 0 Å². The normalized spacial score (nSPS) is 14.7. The first-order valence-corrected chi connectivity index (χ1v) is 7.18. The van der Waals surface area contributed by atoms with E-state index in [0.29, 0.717) is 22.9 Å². The molecule has 1 aliphatic rings. The van der Waals surface area contributed by atoms with E-state index in [2.05, 4.69) is 30.6 Å². The van der Waals surface area contributed by atoms with Crippen molar-refractivity contribution in [3.8, 4) is 5.75 Å². The molecule has 1 unspecified atom stereocenters. The van der Waals surface area contributed by atoms with Crippen LogP contribution in [-0.4, -0.2) is 32.4 Å². The number of ether oxygens (including phenoxy) is 1. The number of rotatable bonds is 3. The Kier molecular flexibility index (Phi) is 3.07. The van der Waals surface area contributed by atoms with Crippen LogP contribution in [0.1, 0.15) is 18.5 Å². The Bertz CT molecular complexity index is 891. The maximum absolute atomic E-state index is 11.4. The van der Waals surface area contributed by atoms with Crippen molar-refractivity contribution in [3.63, 3.8) is 0 Å². The molecular formula is C15H14N6O2. The summed E-state index contributed by atoms with van der Waals surface area (Å²) in [7, 11) is 0. The lowest BCUT2D eigenvalue weighted by atomic mass is 10.1. The monoisotopic (exact) mass is 310 g/mol. The third-order valence-corrected chi connectivity index (χ3v) is 3.71. The van der Waals surface area contributed by atoms with E-state index in [-0.39, 0.29) is 18.6 Å². The highest BCUT2D eigenvalue weighted by atomic mass is 16.5. The first-order valence-electron chi connectivity index (χ1n) is 7.18. The van der Waals surface area contributed by atoms with Gasteiger partial charge < -0.3 is 20.4 Å². The molecule has 0 bridgehead atoms. The molecular weight excluding hydrogens is 296 g/mol. The number of aromatic nitrogens is 4. The standard InChI is InChI=1S/C15H14N6O2/c1-8(20-15-13-14(17-6-16-13)18-7-19-15)9-2-3-11-10(4-9)21-12(22)5-23-11/h2-4,6-8H,5H2,1H3,(H,21,22)(H2,16,17,18,19,20). The molecule has 0 saturated carbocycles. The average molecular weight is 310 g/mol. The number of hydrogen-bond acceptors (Lipinski definition) is 6. The first kappa shape index (κ1) is 13.5. The predicted molar refractivity (Wildman–Crippen MR) is 84.3 cm³/mol. The Balaban J connectivity index is 1.62. The van der Waals surface area contributed by atoms with Gasteiger partial charge in [0.15, 0.2) is 18.1 Å². The van der Waals surface area contributed by atoms with Crippen molar-refractivity contribution in [2.45, 2.75) is 13.0 Å². The Morgan fingerprint density at radius 1 is 1.30 bits per heavy atom. The van der Waals surface area contributed by atoms with Crippen molar-refractivity contribution in [3.05, 3.63) is 36.4 Å². The van der Waals surface area contributed by atoms with E-state index in [1.54, 1.807) is 6.33 Å². The van der Waals surface area contributed by atoms with Gasteiger partial charge in [0.05, 0.1) is 18.1 Å². The van der Waals surface area contributed by atoms with Crippen LogP contribution in [0.5, 0.6) is 5.75 Å². The highest BCUT2D eigenvalue weighted by Crippen LogP contribution is 2.31. The quantitative estimate of drug-likeness (QED) is 0.682. The topological polar surface area (TPSA) is 105 Å². The zero-order valence-corrected chi connectivity index (χ0v) is 12.3. The number of hydrogen-bond donors (Lipinski definition) is 3. The molecule has 0 fully saturated rings. The number of anilines is 2. The van der Waals surface area contributed by atoms with Gasteiger partial charge in [-0.05, 0) is 24.6 Å². The van der Waals surface area contributed by atoms with Gasteiger partial charge in [0, 0.05) is 0 Å². The summed E-state index contributed by atoms with van der Waals surface area (Å²) in [5.74, 6) is 1.21. The minimum atomic E-state index is -0.148. The lowest BCUT2D eigenvalue weighted by Crippen LogP contribution is -2.25. The summed E-state index contributed by atoms with van der Waals surface area (Å²) in [5.41, 5.74) is 3.05. The molecule has 1 atom stereocenters. The summed E-state index contributed by atoms with van der Waals surface area (Å²) in [4.78, 5) is 26.9. The number of benzene rings is 1. The largest absolute Gasteiger partial charge is 0.482 e. The fourth-order valence-corrected chi connectivity index (χ4v) is 2.53. The summed E-state index contributed by atoms with van der Waals surface area (Å²) in [5, 5.41) is 6.14.